The fourth-order valence-corrected chi connectivity index (χ4v) is 1.72. The molecule has 0 bridgehead atoms. The Bertz CT molecular complexity index is 179. The molecule has 1 rings (SSSR count). The molecule has 0 atom stereocenters. The van der Waals surface area contributed by atoms with E-state index in [2.05, 4.69) is 5.32 Å². The summed E-state index contributed by atoms with van der Waals surface area (Å²) < 4.78 is 5.20. The predicted octanol–water partition coefficient (Wildman–Crippen LogP) is 1.61. The van der Waals surface area contributed by atoms with Gasteiger partial charge in [-0.2, -0.15) is 0 Å². The molecule has 0 radical (unpaired) electrons. The van der Waals surface area contributed by atoms with Crippen molar-refractivity contribution >= 4 is 6.03 Å². The van der Waals surface area contributed by atoms with Gasteiger partial charge in [0.2, 0.25) is 0 Å². The molecular weight excluding hydrogens is 192 g/mol. The van der Waals surface area contributed by atoms with E-state index in [0.717, 1.165) is 52.1 Å². The van der Waals surface area contributed by atoms with E-state index in [4.69, 9.17) is 4.74 Å². The van der Waals surface area contributed by atoms with Crippen LogP contribution < -0.4 is 5.32 Å². The highest BCUT2D eigenvalue weighted by atomic mass is 16.5. The Hall–Kier alpha value is -0.770. The number of hydrogen-bond acceptors (Lipinski definition) is 2. The number of carbonyl (C=O) groups is 1. The lowest BCUT2D eigenvalue weighted by molar-refractivity contribution is 0.143. The molecule has 0 aromatic heterocycles. The summed E-state index contributed by atoms with van der Waals surface area (Å²) in [5.74, 6) is 0. The Morgan fingerprint density at radius 2 is 2.07 bits per heavy atom. The average Bonchev–Trinajstić information content (AvgIpc) is 2.30. The second kappa shape index (κ2) is 7.51. The van der Waals surface area contributed by atoms with Crippen LogP contribution in [-0.4, -0.2) is 43.8 Å². The number of likely N-dealkylation sites (tertiary alicyclic amines) is 1. The summed E-state index contributed by atoms with van der Waals surface area (Å²) in [6, 6.07) is 0.0891. The Balaban J connectivity index is 2.02. The van der Waals surface area contributed by atoms with E-state index < -0.39 is 0 Å². The van der Waals surface area contributed by atoms with Gasteiger partial charge in [0.15, 0.2) is 0 Å². The van der Waals surface area contributed by atoms with Crippen molar-refractivity contribution < 1.29 is 9.53 Å². The second-order valence-electron chi connectivity index (χ2n) is 3.83. The molecule has 1 aliphatic rings. The van der Waals surface area contributed by atoms with Crippen LogP contribution in [0.5, 0.6) is 0 Å². The quantitative estimate of drug-likeness (QED) is 0.706. The minimum absolute atomic E-state index is 0.0891. The van der Waals surface area contributed by atoms with Crippen LogP contribution >= 0.6 is 0 Å². The number of amides is 2. The summed E-state index contributed by atoms with van der Waals surface area (Å²) in [5.41, 5.74) is 0. The number of hydrogen-bond donors (Lipinski definition) is 1. The Morgan fingerprint density at radius 3 is 2.73 bits per heavy atom. The highest BCUT2D eigenvalue weighted by Crippen LogP contribution is 2.08. The Labute approximate surface area is 92.0 Å². The van der Waals surface area contributed by atoms with Crippen LogP contribution in [0.3, 0.4) is 0 Å². The molecule has 15 heavy (non-hydrogen) atoms. The number of rotatable bonds is 5. The largest absolute Gasteiger partial charge is 0.382 e. The molecule has 1 saturated heterocycles. The van der Waals surface area contributed by atoms with Crippen molar-refractivity contribution in [2.45, 2.75) is 32.6 Å². The zero-order valence-corrected chi connectivity index (χ0v) is 9.63. The molecule has 2 amide bonds. The van der Waals surface area contributed by atoms with Crippen LogP contribution in [-0.2, 0) is 4.74 Å². The fourth-order valence-electron chi connectivity index (χ4n) is 1.72. The first-order valence-corrected chi connectivity index (χ1v) is 5.95. The molecule has 88 valence electrons. The molecule has 0 spiro atoms. The predicted molar refractivity (Wildman–Crippen MR) is 59.9 cm³/mol. The van der Waals surface area contributed by atoms with Gasteiger partial charge >= 0.3 is 6.03 Å². The van der Waals surface area contributed by atoms with Crippen molar-refractivity contribution in [3.05, 3.63) is 0 Å². The van der Waals surface area contributed by atoms with Crippen LogP contribution in [0.25, 0.3) is 0 Å². The van der Waals surface area contributed by atoms with Crippen molar-refractivity contribution in [3.8, 4) is 0 Å². The molecular formula is C11H22N2O2. The first-order valence-electron chi connectivity index (χ1n) is 5.95. The fraction of sp³-hybridized carbons (Fsp3) is 0.909. The van der Waals surface area contributed by atoms with E-state index in [1.54, 1.807) is 0 Å². The van der Waals surface area contributed by atoms with Crippen molar-refractivity contribution in [1.29, 1.82) is 0 Å². The van der Waals surface area contributed by atoms with Crippen LogP contribution in [0.1, 0.15) is 32.6 Å². The smallest absolute Gasteiger partial charge is 0.317 e. The van der Waals surface area contributed by atoms with Crippen LogP contribution in [0.2, 0.25) is 0 Å². The zero-order valence-electron chi connectivity index (χ0n) is 9.63. The number of piperidine rings is 1. The number of carbonyl (C=O) groups excluding carboxylic acids is 1. The molecule has 0 aromatic rings. The lowest BCUT2D eigenvalue weighted by atomic mass is 10.1. The summed E-state index contributed by atoms with van der Waals surface area (Å²) in [6.45, 7) is 6.01. The first-order chi connectivity index (χ1) is 7.34. The molecule has 0 unspecified atom stereocenters. The highest BCUT2D eigenvalue weighted by Gasteiger charge is 2.15. The highest BCUT2D eigenvalue weighted by molar-refractivity contribution is 5.74. The van der Waals surface area contributed by atoms with E-state index in [9.17, 15) is 4.79 Å². The van der Waals surface area contributed by atoms with Gasteiger partial charge in [-0.1, -0.05) is 0 Å². The first kappa shape index (κ1) is 12.3. The van der Waals surface area contributed by atoms with Crippen molar-refractivity contribution in [2.75, 3.05) is 32.8 Å². The Kier molecular flexibility index (Phi) is 6.16. The van der Waals surface area contributed by atoms with Crippen LogP contribution in [0.15, 0.2) is 0 Å². The number of urea groups is 1. The molecule has 1 N–H and O–H groups in total. The van der Waals surface area contributed by atoms with E-state index in [1.165, 1.54) is 6.42 Å². The third-order valence-corrected chi connectivity index (χ3v) is 2.59. The molecule has 1 fully saturated rings. The zero-order chi connectivity index (χ0) is 10.9. The van der Waals surface area contributed by atoms with E-state index in [0.29, 0.717) is 0 Å². The summed E-state index contributed by atoms with van der Waals surface area (Å²) in [4.78, 5) is 13.5. The average molecular weight is 214 g/mol. The summed E-state index contributed by atoms with van der Waals surface area (Å²) in [7, 11) is 0. The molecule has 0 aromatic carbocycles. The summed E-state index contributed by atoms with van der Waals surface area (Å²) >= 11 is 0. The van der Waals surface area contributed by atoms with Gasteiger partial charge in [-0.3, -0.25) is 0 Å². The van der Waals surface area contributed by atoms with Crippen LogP contribution in [0, 0.1) is 0 Å². The van der Waals surface area contributed by atoms with Gasteiger partial charge in [0.05, 0.1) is 0 Å². The summed E-state index contributed by atoms with van der Waals surface area (Å²) in [5, 5.41) is 2.92. The molecule has 1 heterocycles. The maximum absolute atomic E-state index is 11.6. The minimum atomic E-state index is 0.0891. The number of nitrogens with zero attached hydrogens (tertiary/aromatic N) is 1. The maximum Gasteiger partial charge on any atom is 0.317 e. The number of ether oxygens (including phenoxy) is 1. The third kappa shape index (κ3) is 5.02. The molecule has 0 saturated carbocycles. The SMILES string of the molecule is CCOCCCNC(=O)N1CCCCC1. The molecule has 4 heteroatoms. The topological polar surface area (TPSA) is 41.6 Å². The van der Waals surface area contributed by atoms with Crippen LogP contribution in [0.4, 0.5) is 4.79 Å². The normalized spacial score (nSPS) is 16.5. The van der Waals surface area contributed by atoms with E-state index in [-0.39, 0.29) is 6.03 Å². The van der Waals surface area contributed by atoms with Crippen molar-refractivity contribution in [3.63, 3.8) is 0 Å². The number of nitrogens with one attached hydrogen (secondary N) is 1. The summed E-state index contributed by atoms with van der Waals surface area (Å²) in [6.07, 6.45) is 4.44. The van der Waals surface area contributed by atoms with Gasteiger partial charge in [0, 0.05) is 32.8 Å². The van der Waals surface area contributed by atoms with Gasteiger partial charge in [0.25, 0.3) is 0 Å². The monoisotopic (exact) mass is 214 g/mol. The van der Waals surface area contributed by atoms with Gasteiger partial charge < -0.3 is 15.0 Å². The molecule has 0 aliphatic carbocycles. The van der Waals surface area contributed by atoms with Gasteiger partial charge in [0.1, 0.15) is 0 Å². The van der Waals surface area contributed by atoms with Crippen molar-refractivity contribution in [1.82, 2.24) is 10.2 Å². The third-order valence-electron chi connectivity index (χ3n) is 2.59. The standard InChI is InChI=1S/C11H22N2O2/c1-2-15-10-6-7-12-11(14)13-8-4-3-5-9-13/h2-10H2,1H3,(H,12,14). The maximum atomic E-state index is 11.6. The Morgan fingerprint density at radius 1 is 1.33 bits per heavy atom. The van der Waals surface area contributed by atoms with E-state index >= 15 is 0 Å². The van der Waals surface area contributed by atoms with Gasteiger partial charge in [-0.15, -0.1) is 0 Å². The van der Waals surface area contributed by atoms with Gasteiger partial charge in [-0.25, -0.2) is 4.79 Å². The molecule has 4 nitrogen and oxygen atoms in total. The second-order valence-corrected chi connectivity index (χ2v) is 3.83. The van der Waals surface area contributed by atoms with Gasteiger partial charge in [-0.05, 0) is 32.6 Å². The minimum Gasteiger partial charge on any atom is -0.382 e. The lowest BCUT2D eigenvalue weighted by Gasteiger charge is -2.26. The molecule has 1 aliphatic heterocycles. The lowest BCUT2D eigenvalue weighted by Crippen LogP contribution is -2.43. The van der Waals surface area contributed by atoms with Crippen molar-refractivity contribution in [2.24, 2.45) is 0 Å². The van der Waals surface area contributed by atoms with E-state index in [1.807, 2.05) is 11.8 Å².